The molecule has 242 valence electrons. The molecule has 45 heavy (non-hydrogen) atoms. The predicted octanol–water partition coefficient (Wildman–Crippen LogP) is 9.13. The minimum Gasteiger partial charge on any atom is -0.446 e. The number of anilines is 2. The molecule has 0 radical (unpaired) electrons. The molecular formula is C36H48ClN3O4Si. The fraction of sp³-hybridized carbons (Fsp3) is 0.444. The summed E-state index contributed by atoms with van der Waals surface area (Å²) in [6, 6.07) is 21.6. The fourth-order valence-corrected chi connectivity index (χ4v) is 6.18. The molecule has 4 rings (SSSR count). The molecule has 3 aromatic rings. The van der Waals surface area contributed by atoms with Crippen molar-refractivity contribution in [2.45, 2.75) is 83.7 Å². The van der Waals surface area contributed by atoms with Crippen molar-refractivity contribution in [2.75, 3.05) is 30.8 Å². The molecule has 1 aliphatic heterocycles. The number of hydrogen-bond acceptors (Lipinski definition) is 5. The van der Waals surface area contributed by atoms with E-state index < -0.39 is 14.4 Å². The molecule has 0 aliphatic carbocycles. The number of likely N-dealkylation sites (tertiary alicyclic amines) is 1. The van der Waals surface area contributed by atoms with Crippen LogP contribution in [0.4, 0.5) is 16.2 Å². The van der Waals surface area contributed by atoms with Crippen LogP contribution in [0.5, 0.6) is 0 Å². The summed E-state index contributed by atoms with van der Waals surface area (Å²) in [5.74, 6) is -0.0606. The van der Waals surface area contributed by atoms with E-state index in [2.05, 4.69) is 62.5 Å². The van der Waals surface area contributed by atoms with Crippen molar-refractivity contribution in [2.24, 2.45) is 0 Å². The molecule has 0 bridgehead atoms. The maximum atomic E-state index is 12.8. The lowest BCUT2D eigenvalue weighted by molar-refractivity contribution is -0.116. The zero-order valence-corrected chi connectivity index (χ0v) is 29.3. The quantitative estimate of drug-likeness (QED) is 0.203. The Kier molecular flexibility index (Phi) is 11.9. The number of carbonyl (C=O) groups is 2. The monoisotopic (exact) mass is 649 g/mol. The Morgan fingerprint density at radius 2 is 1.69 bits per heavy atom. The van der Waals surface area contributed by atoms with Crippen LogP contribution < -0.4 is 10.6 Å². The van der Waals surface area contributed by atoms with Gasteiger partial charge in [-0.1, -0.05) is 74.8 Å². The van der Waals surface area contributed by atoms with Crippen LogP contribution in [0, 0.1) is 0 Å². The molecule has 1 saturated heterocycles. The number of halogens is 1. The largest absolute Gasteiger partial charge is 0.446 e. The van der Waals surface area contributed by atoms with Crippen LogP contribution in [0.15, 0.2) is 66.7 Å². The van der Waals surface area contributed by atoms with Gasteiger partial charge in [0.25, 0.3) is 0 Å². The number of aryl methyl sites for hydroxylation is 1. The highest BCUT2D eigenvalue weighted by Crippen LogP contribution is 2.37. The molecule has 1 fully saturated rings. The number of nitrogens with zero attached hydrogens (tertiary/aromatic N) is 1. The predicted molar refractivity (Wildman–Crippen MR) is 188 cm³/mol. The average molecular weight is 650 g/mol. The van der Waals surface area contributed by atoms with E-state index in [1.165, 1.54) is 0 Å². The third-order valence-electron chi connectivity index (χ3n) is 8.95. The first-order valence-corrected chi connectivity index (χ1v) is 19.2. The smallest absolute Gasteiger partial charge is 0.411 e. The molecule has 0 saturated carbocycles. The van der Waals surface area contributed by atoms with Gasteiger partial charge in [-0.2, -0.15) is 0 Å². The van der Waals surface area contributed by atoms with Gasteiger partial charge < -0.3 is 19.4 Å². The van der Waals surface area contributed by atoms with Crippen LogP contribution in [0.3, 0.4) is 0 Å². The van der Waals surface area contributed by atoms with Gasteiger partial charge in [0.1, 0.15) is 6.10 Å². The lowest BCUT2D eigenvalue weighted by Gasteiger charge is -2.36. The van der Waals surface area contributed by atoms with Gasteiger partial charge in [-0.15, -0.1) is 0 Å². The van der Waals surface area contributed by atoms with Gasteiger partial charge in [-0.3, -0.25) is 10.1 Å². The van der Waals surface area contributed by atoms with E-state index in [9.17, 15) is 9.59 Å². The molecule has 0 spiro atoms. The van der Waals surface area contributed by atoms with Crippen LogP contribution in [-0.4, -0.2) is 51.5 Å². The van der Waals surface area contributed by atoms with Gasteiger partial charge in [0.15, 0.2) is 8.32 Å². The Bertz CT molecular complexity index is 1450. The van der Waals surface area contributed by atoms with Crippen LogP contribution in [0.2, 0.25) is 23.2 Å². The molecule has 2 amide bonds. The zero-order chi connectivity index (χ0) is 32.6. The van der Waals surface area contributed by atoms with Crippen molar-refractivity contribution in [3.63, 3.8) is 0 Å². The number of carbonyl (C=O) groups excluding carboxylic acids is 2. The van der Waals surface area contributed by atoms with Crippen molar-refractivity contribution in [1.29, 1.82) is 0 Å². The number of hydrogen-bond donors (Lipinski definition) is 2. The first kappa shape index (κ1) is 34.7. The first-order chi connectivity index (χ1) is 21.3. The third-order valence-corrected chi connectivity index (χ3v) is 13.8. The van der Waals surface area contributed by atoms with E-state index in [4.69, 9.17) is 20.8 Å². The van der Waals surface area contributed by atoms with E-state index in [-0.39, 0.29) is 17.0 Å². The van der Waals surface area contributed by atoms with E-state index in [1.54, 1.807) is 6.07 Å². The Balaban J connectivity index is 1.32. The molecule has 3 aromatic carbocycles. The highest BCUT2D eigenvalue weighted by atomic mass is 35.5. The van der Waals surface area contributed by atoms with Gasteiger partial charge in [-0.05, 0) is 91.8 Å². The maximum absolute atomic E-state index is 12.8. The summed E-state index contributed by atoms with van der Waals surface area (Å²) in [6.45, 7) is 13.4. The SMILES string of the molecule is CN1CCC(OC(=O)Nc2ccc(CCCC(=O)Nc3ccc(CO[Si](C)(C)C(C)(C)C)c(Cl)c3)cc2-c2ccccc2)CC1. The summed E-state index contributed by atoms with van der Waals surface area (Å²) in [5.41, 5.74) is 5.31. The van der Waals surface area contributed by atoms with E-state index in [1.807, 2.05) is 54.6 Å². The second kappa shape index (κ2) is 15.4. The average Bonchev–Trinajstić information content (AvgIpc) is 2.98. The van der Waals surface area contributed by atoms with Crippen molar-refractivity contribution in [1.82, 2.24) is 4.90 Å². The Labute approximate surface area is 274 Å². The van der Waals surface area contributed by atoms with Gasteiger partial charge in [0.05, 0.1) is 12.3 Å². The number of benzene rings is 3. The standard InChI is InChI=1S/C36H48ClN3O4Si/c1-36(2,3)45(5,6)43-25-28-16-17-29(24-32(28)37)38-34(41)14-10-11-26-15-18-33(31(23-26)27-12-8-7-9-13-27)39-35(42)44-30-19-21-40(4)22-20-30/h7-9,12-13,15-18,23-24,30H,10-11,14,19-22,25H2,1-6H3,(H,38,41)(H,39,42). The summed E-state index contributed by atoms with van der Waals surface area (Å²) >= 11 is 6.55. The van der Waals surface area contributed by atoms with Gasteiger partial charge in [-0.25, -0.2) is 4.79 Å². The van der Waals surface area contributed by atoms with Crippen LogP contribution in [0.25, 0.3) is 11.1 Å². The highest BCUT2D eigenvalue weighted by Gasteiger charge is 2.37. The van der Waals surface area contributed by atoms with Crippen LogP contribution in [-0.2, 0) is 27.0 Å². The van der Waals surface area contributed by atoms with Gasteiger partial charge in [0, 0.05) is 35.8 Å². The third kappa shape index (κ3) is 10.2. The molecule has 0 aromatic heterocycles. The van der Waals surface area contributed by atoms with Gasteiger partial charge >= 0.3 is 6.09 Å². The highest BCUT2D eigenvalue weighted by molar-refractivity contribution is 6.74. The van der Waals surface area contributed by atoms with E-state index in [0.29, 0.717) is 35.8 Å². The molecule has 9 heteroatoms. The topological polar surface area (TPSA) is 79.9 Å². The second-order valence-electron chi connectivity index (χ2n) is 13.5. The summed E-state index contributed by atoms with van der Waals surface area (Å²) in [7, 11) is 0.190. The molecule has 0 unspecified atom stereocenters. The Hall–Kier alpha value is -3.17. The maximum Gasteiger partial charge on any atom is 0.411 e. The number of rotatable bonds is 11. The first-order valence-electron chi connectivity index (χ1n) is 15.9. The number of piperidine rings is 1. The summed E-state index contributed by atoms with van der Waals surface area (Å²) < 4.78 is 12.0. The molecule has 1 heterocycles. The van der Waals surface area contributed by atoms with Crippen molar-refractivity contribution in [3.8, 4) is 11.1 Å². The lowest BCUT2D eigenvalue weighted by Crippen LogP contribution is -2.40. The molecule has 7 nitrogen and oxygen atoms in total. The van der Waals surface area contributed by atoms with Gasteiger partial charge in [0.2, 0.25) is 5.91 Å². The second-order valence-corrected chi connectivity index (χ2v) is 18.8. The summed E-state index contributed by atoms with van der Waals surface area (Å²) in [5, 5.41) is 6.66. The Morgan fingerprint density at radius 1 is 0.978 bits per heavy atom. The number of ether oxygens (including phenoxy) is 1. The summed E-state index contributed by atoms with van der Waals surface area (Å²) in [4.78, 5) is 27.8. The van der Waals surface area contributed by atoms with Crippen molar-refractivity contribution in [3.05, 3.63) is 82.9 Å². The lowest BCUT2D eigenvalue weighted by atomic mass is 9.98. The molecule has 1 aliphatic rings. The summed E-state index contributed by atoms with van der Waals surface area (Å²) in [6.07, 6.45) is 2.95. The number of nitrogens with one attached hydrogen (secondary N) is 2. The Morgan fingerprint density at radius 3 is 2.36 bits per heavy atom. The van der Waals surface area contributed by atoms with E-state index >= 15 is 0 Å². The minimum absolute atomic E-state index is 0.0606. The van der Waals surface area contributed by atoms with Crippen molar-refractivity contribution < 1.29 is 18.8 Å². The minimum atomic E-state index is -1.89. The van der Waals surface area contributed by atoms with E-state index in [0.717, 1.165) is 54.6 Å². The molecular weight excluding hydrogens is 602 g/mol. The van der Waals surface area contributed by atoms with Crippen LogP contribution >= 0.6 is 11.6 Å². The fourth-order valence-electron chi connectivity index (χ4n) is 5.00. The number of amides is 2. The molecule has 2 N–H and O–H groups in total. The zero-order valence-electron chi connectivity index (χ0n) is 27.5. The van der Waals surface area contributed by atoms with Crippen molar-refractivity contribution >= 4 is 43.3 Å². The normalized spacial score (nSPS) is 14.6. The van der Waals surface area contributed by atoms with Crippen LogP contribution in [0.1, 0.15) is 57.6 Å². The molecule has 0 atom stereocenters.